The minimum absolute atomic E-state index is 0.266. The van der Waals surface area contributed by atoms with E-state index in [2.05, 4.69) is 376 Å². The van der Waals surface area contributed by atoms with Gasteiger partial charge in [-0.3, -0.25) is 0 Å². The van der Waals surface area contributed by atoms with Gasteiger partial charge < -0.3 is 0 Å². The average Bonchev–Trinajstić information content (AvgIpc) is 0.864. The summed E-state index contributed by atoms with van der Waals surface area (Å²) in [4.78, 5) is 0. The molecule has 0 saturated carbocycles. The molecule has 0 aliphatic heterocycles. The van der Waals surface area contributed by atoms with E-state index in [0.29, 0.717) is 0 Å². The second-order valence-electron chi connectivity index (χ2n) is 34.8. The van der Waals surface area contributed by atoms with E-state index in [1.165, 1.54) is 156 Å². The molecule has 0 amide bonds. The van der Waals surface area contributed by atoms with Gasteiger partial charge in [0.25, 0.3) is 0 Å². The van der Waals surface area contributed by atoms with Crippen LogP contribution in [-0.2, 0) is 37.9 Å². The monoisotopic (exact) mass is 1440 g/mol. The number of hydrogen-bond acceptors (Lipinski definition) is 0. The summed E-state index contributed by atoms with van der Waals surface area (Å²) in [5.74, 6) is 0. The largest absolute Gasteiger partial charge is 0.0683 e. The Morgan fingerprint density at radius 3 is 0.448 bits per heavy atom. The highest BCUT2D eigenvalue weighted by Crippen LogP contribution is 2.34. The van der Waals surface area contributed by atoms with Crippen LogP contribution in [0.3, 0.4) is 0 Å². The van der Waals surface area contributed by atoms with Crippen molar-refractivity contribution in [3.05, 3.63) is 241 Å². The first-order valence-electron chi connectivity index (χ1n) is 41.4. The predicted octanol–water partition coefficient (Wildman–Crippen LogP) is 34.5. The molecule has 0 aliphatic rings. The first-order valence-corrected chi connectivity index (χ1v) is 41.4. The van der Waals surface area contributed by atoms with E-state index >= 15 is 0 Å². The zero-order valence-electron chi connectivity index (χ0n) is 81.6. The molecule has 0 aliphatic carbocycles. The average molecular weight is 1440 g/mol. The Morgan fingerprint density at radius 2 is 0.295 bits per heavy atom. The van der Waals surface area contributed by atoms with Crippen LogP contribution >= 0.6 is 0 Å². The Labute approximate surface area is 662 Å². The van der Waals surface area contributed by atoms with Crippen LogP contribution in [0, 0.1) is 145 Å². The number of hydrogen-bond donors (Lipinski definition) is 0. The van der Waals surface area contributed by atoms with Crippen LogP contribution in [0.2, 0.25) is 0 Å². The van der Waals surface area contributed by atoms with Gasteiger partial charge in [0, 0.05) is 0 Å². The molecule has 602 valence electrons. The fourth-order valence-electron chi connectivity index (χ4n) is 11.8. The molecule has 0 unspecified atom stereocenters. The summed E-state index contributed by atoms with van der Waals surface area (Å²) in [6.45, 7) is 122. The van der Waals surface area contributed by atoms with Crippen molar-refractivity contribution < 1.29 is 0 Å². The Bertz CT molecular complexity index is 3150. The Kier molecular flexibility index (Phi) is 55.7. The van der Waals surface area contributed by atoms with Crippen LogP contribution in [0.25, 0.3) is 0 Å². The van der Waals surface area contributed by atoms with Crippen molar-refractivity contribution in [2.75, 3.05) is 0 Å². The lowest BCUT2D eigenvalue weighted by molar-refractivity contribution is 0.585. The molecule has 0 bridgehead atoms. The second-order valence-corrected chi connectivity index (χ2v) is 34.8. The van der Waals surface area contributed by atoms with Crippen LogP contribution in [0.5, 0.6) is 0 Å². The summed E-state index contributed by atoms with van der Waals surface area (Å²) >= 11 is 0. The zero-order chi connectivity index (χ0) is 85.6. The fraction of sp³-hybridized carbons (Fsp3) is 0.600. The standard InChI is InChI=1S/7C13H20.7C2H6/c2*1-9-7-12(13(4,5)6)8-10(2)11(9)3;2*1-9-7-11(3)12(8-10(9)2)13(4,5)6;3*1-9-7-8-12(13(4,5)6)11(3)10(9)2;7*1-2/h7*7-8H,1-6H3;7*1-2H3. The second kappa shape index (κ2) is 51.8. The fourth-order valence-corrected chi connectivity index (χ4v) is 11.8. The zero-order valence-corrected chi connectivity index (χ0v) is 81.6. The quantitative estimate of drug-likeness (QED) is 0.142. The van der Waals surface area contributed by atoms with Crippen molar-refractivity contribution >= 4 is 0 Å². The summed E-state index contributed by atoms with van der Waals surface area (Å²) in [5.41, 5.74) is 41.8. The SMILES string of the molecule is CC.CC.CC.CC.CC.CC.CC.Cc1cc(C(C)(C)C)cc(C)c1C.Cc1cc(C(C)(C)C)cc(C)c1C.Cc1cc(C)c(C(C)(C)C)cc1C.Cc1cc(C)c(C(C)(C)C)cc1C.Cc1ccc(C(C)(C)C)c(C)c1C.Cc1ccc(C(C)(C)C)c(C)c1C.Cc1ccc(C(C)(C)C)c(C)c1C. The van der Waals surface area contributed by atoms with Crippen molar-refractivity contribution in [1.82, 2.24) is 0 Å². The van der Waals surface area contributed by atoms with Gasteiger partial charge in [0.2, 0.25) is 0 Å². The van der Waals surface area contributed by atoms with Crippen molar-refractivity contribution in [3.63, 3.8) is 0 Å². The summed E-state index contributed by atoms with van der Waals surface area (Å²) in [7, 11) is 0. The molecule has 0 nitrogen and oxygen atoms in total. The molecule has 7 rings (SSSR count). The summed E-state index contributed by atoms with van der Waals surface area (Å²) < 4.78 is 0. The van der Waals surface area contributed by atoms with Crippen molar-refractivity contribution in [2.24, 2.45) is 0 Å². The van der Waals surface area contributed by atoms with Gasteiger partial charge in [0.1, 0.15) is 0 Å². The van der Waals surface area contributed by atoms with Gasteiger partial charge in [-0.2, -0.15) is 0 Å². The van der Waals surface area contributed by atoms with Gasteiger partial charge in [0.15, 0.2) is 0 Å². The number of aryl methyl sites for hydroxylation is 13. The summed E-state index contributed by atoms with van der Waals surface area (Å²) in [6.07, 6.45) is 0. The van der Waals surface area contributed by atoms with Crippen molar-refractivity contribution in [2.45, 2.75) is 426 Å². The summed E-state index contributed by atoms with van der Waals surface area (Å²) in [6, 6.07) is 31.9. The van der Waals surface area contributed by atoms with E-state index in [-0.39, 0.29) is 37.9 Å². The molecule has 0 saturated heterocycles. The Morgan fingerprint density at radius 1 is 0.133 bits per heavy atom. The minimum Gasteiger partial charge on any atom is -0.0683 e. The molecule has 0 heterocycles. The smallest absolute Gasteiger partial charge is 0.0129 e. The van der Waals surface area contributed by atoms with E-state index in [1.54, 1.807) is 0 Å². The van der Waals surface area contributed by atoms with E-state index < -0.39 is 0 Å². The lowest BCUT2D eigenvalue weighted by Crippen LogP contribution is -2.14. The highest BCUT2D eigenvalue weighted by atomic mass is 14.3. The van der Waals surface area contributed by atoms with E-state index in [4.69, 9.17) is 0 Å². The Balaban J connectivity index is -0.000000207. The van der Waals surface area contributed by atoms with Crippen LogP contribution in [0.15, 0.2) is 84.9 Å². The highest BCUT2D eigenvalue weighted by Gasteiger charge is 2.22. The molecule has 0 N–H and O–H groups in total. The molecule has 0 radical (unpaired) electrons. The minimum atomic E-state index is 0.266. The first-order chi connectivity index (χ1) is 47.8. The topological polar surface area (TPSA) is 0 Å². The third kappa shape index (κ3) is 40.0. The van der Waals surface area contributed by atoms with Gasteiger partial charge in [-0.05, 0) is 339 Å². The molecule has 7 aromatic carbocycles. The van der Waals surface area contributed by atoms with Gasteiger partial charge in [0.05, 0.1) is 0 Å². The third-order valence-corrected chi connectivity index (χ3v) is 19.5. The Hall–Kier alpha value is -5.46. The van der Waals surface area contributed by atoms with Crippen LogP contribution in [0.4, 0.5) is 0 Å². The van der Waals surface area contributed by atoms with E-state index in [0.717, 1.165) is 0 Å². The maximum absolute atomic E-state index is 2.32. The summed E-state index contributed by atoms with van der Waals surface area (Å²) in [5, 5.41) is 0. The van der Waals surface area contributed by atoms with E-state index in [1.807, 2.05) is 96.9 Å². The third-order valence-electron chi connectivity index (χ3n) is 19.5. The molecule has 0 aromatic heterocycles. The molecular weight excluding hydrogens is 1260 g/mol. The molecule has 0 fully saturated rings. The van der Waals surface area contributed by atoms with Crippen molar-refractivity contribution in [3.8, 4) is 0 Å². The molecular formula is C105H182. The maximum Gasteiger partial charge on any atom is -0.0129 e. The molecule has 105 heavy (non-hydrogen) atoms. The van der Waals surface area contributed by atoms with Gasteiger partial charge in [-0.25, -0.2) is 0 Å². The lowest BCUT2D eigenvalue weighted by atomic mass is 9.82. The van der Waals surface area contributed by atoms with Crippen molar-refractivity contribution in [1.29, 1.82) is 0 Å². The predicted molar refractivity (Wildman–Crippen MR) is 495 cm³/mol. The van der Waals surface area contributed by atoms with E-state index in [9.17, 15) is 0 Å². The van der Waals surface area contributed by atoms with Crippen LogP contribution in [0.1, 0.15) is 398 Å². The molecule has 0 heteroatoms. The van der Waals surface area contributed by atoms with Crippen LogP contribution < -0.4 is 0 Å². The number of rotatable bonds is 0. The molecule has 7 aromatic rings. The van der Waals surface area contributed by atoms with Gasteiger partial charge in [-0.15, -0.1) is 0 Å². The normalized spacial score (nSPS) is 10.7. The molecule has 0 spiro atoms. The highest BCUT2D eigenvalue weighted by molar-refractivity contribution is 5.46. The number of benzene rings is 7. The molecule has 0 atom stereocenters. The first kappa shape index (κ1) is 113. The lowest BCUT2D eigenvalue weighted by Gasteiger charge is -2.23. The van der Waals surface area contributed by atoms with Gasteiger partial charge >= 0.3 is 0 Å². The van der Waals surface area contributed by atoms with Gasteiger partial charge in [-0.1, -0.05) is 327 Å². The van der Waals surface area contributed by atoms with Crippen LogP contribution in [-0.4, -0.2) is 0 Å². The maximum atomic E-state index is 2.32.